The van der Waals surface area contributed by atoms with Crippen molar-refractivity contribution in [2.24, 2.45) is 5.92 Å². The van der Waals surface area contributed by atoms with Gasteiger partial charge in [0.25, 0.3) is 0 Å². The molecule has 0 heterocycles. The second kappa shape index (κ2) is 7.56. The van der Waals surface area contributed by atoms with E-state index in [0.29, 0.717) is 12.3 Å². The topological polar surface area (TPSA) is 29.5 Å². The lowest BCUT2D eigenvalue weighted by atomic mass is 10.0. The number of allylic oxidation sites excluding steroid dienone is 1. The molecular weight excluding hydrogens is 178 g/mol. The second-order valence-corrected chi connectivity index (χ2v) is 3.60. The standard InChI is InChI=1S/C11H21NO2/c1-5-6-7-8-10(2)9-11(13)12(3)14-4/h5,10H,1,6-9H2,2-4H3/t10-/m0/s1. The molecule has 0 N–H and O–H groups in total. The van der Waals surface area contributed by atoms with Crippen LogP contribution in [-0.2, 0) is 9.63 Å². The van der Waals surface area contributed by atoms with Gasteiger partial charge in [0.2, 0.25) is 5.91 Å². The summed E-state index contributed by atoms with van der Waals surface area (Å²) in [6, 6.07) is 0. The van der Waals surface area contributed by atoms with Crippen LogP contribution < -0.4 is 0 Å². The van der Waals surface area contributed by atoms with E-state index in [4.69, 9.17) is 4.84 Å². The van der Waals surface area contributed by atoms with Crippen LogP contribution in [0.15, 0.2) is 12.7 Å². The maximum Gasteiger partial charge on any atom is 0.246 e. The molecule has 14 heavy (non-hydrogen) atoms. The van der Waals surface area contributed by atoms with Crippen molar-refractivity contribution >= 4 is 5.91 Å². The van der Waals surface area contributed by atoms with Crippen molar-refractivity contribution in [3.05, 3.63) is 12.7 Å². The van der Waals surface area contributed by atoms with Crippen molar-refractivity contribution in [2.45, 2.75) is 32.6 Å². The first-order chi connectivity index (χ1) is 6.61. The summed E-state index contributed by atoms with van der Waals surface area (Å²) in [4.78, 5) is 16.2. The molecule has 0 rings (SSSR count). The van der Waals surface area contributed by atoms with Gasteiger partial charge in [0.05, 0.1) is 7.11 Å². The minimum Gasteiger partial charge on any atom is -0.275 e. The van der Waals surface area contributed by atoms with E-state index in [1.807, 2.05) is 6.08 Å². The van der Waals surface area contributed by atoms with Gasteiger partial charge in [-0.2, -0.15) is 0 Å². The van der Waals surface area contributed by atoms with Crippen LogP contribution >= 0.6 is 0 Å². The fourth-order valence-corrected chi connectivity index (χ4v) is 1.24. The first kappa shape index (κ1) is 13.2. The van der Waals surface area contributed by atoms with Crippen LogP contribution in [0.2, 0.25) is 0 Å². The Labute approximate surface area is 86.7 Å². The molecule has 0 saturated heterocycles. The molecule has 0 radical (unpaired) electrons. The van der Waals surface area contributed by atoms with E-state index in [0.717, 1.165) is 19.3 Å². The lowest BCUT2D eigenvalue weighted by Crippen LogP contribution is -2.26. The summed E-state index contributed by atoms with van der Waals surface area (Å²) < 4.78 is 0. The number of hydrogen-bond donors (Lipinski definition) is 0. The van der Waals surface area contributed by atoms with E-state index in [1.54, 1.807) is 7.05 Å². The summed E-state index contributed by atoms with van der Waals surface area (Å²) in [5, 5.41) is 1.28. The molecule has 0 aliphatic heterocycles. The number of carbonyl (C=O) groups excluding carboxylic acids is 1. The molecule has 0 aromatic carbocycles. The predicted octanol–water partition coefficient (Wildman–Crippen LogP) is 2.39. The third kappa shape index (κ3) is 5.75. The molecular formula is C11H21NO2. The van der Waals surface area contributed by atoms with E-state index in [-0.39, 0.29) is 5.91 Å². The van der Waals surface area contributed by atoms with Crippen LogP contribution in [0.5, 0.6) is 0 Å². The Kier molecular flexibility index (Phi) is 7.11. The lowest BCUT2D eigenvalue weighted by molar-refractivity contribution is -0.169. The van der Waals surface area contributed by atoms with Crippen LogP contribution in [0.4, 0.5) is 0 Å². The van der Waals surface area contributed by atoms with Crippen LogP contribution in [0.3, 0.4) is 0 Å². The minimum atomic E-state index is 0.0404. The zero-order valence-electron chi connectivity index (χ0n) is 9.45. The van der Waals surface area contributed by atoms with E-state index in [1.165, 1.54) is 12.2 Å². The van der Waals surface area contributed by atoms with Crippen molar-refractivity contribution in [2.75, 3.05) is 14.2 Å². The SMILES string of the molecule is C=CCCC[C@H](C)CC(=O)N(C)OC. The Morgan fingerprint density at radius 2 is 2.29 bits per heavy atom. The average molecular weight is 199 g/mol. The molecule has 1 amide bonds. The number of hydroxylamine groups is 2. The summed E-state index contributed by atoms with van der Waals surface area (Å²) in [5.41, 5.74) is 0. The predicted molar refractivity (Wildman–Crippen MR) is 57.6 cm³/mol. The number of rotatable bonds is 7. The number of hydrogen-bond acceptors (Lipinski definition) is 2. The molecule has 3 heteroatoms. The third-order valence-electron chi connectivity index (χ3n) is 2.25. The average Bonchev–Trinajstić information content (AvgIpc) is 2.16. The van der Waals surface area contributed by atoms with E-state index in [9.17, 15) is 4.79 Å². The first-order valence-corrected chi connectivity index (χ1v) is 5.03. The molecule has 82 valence electrons. The second-order valence-electron chi connectivity index (χ2n) is 3.60. The van der Waals surface area contributed by atoms with Crippen molar-refractivity contribution < 1.29 is 9.63 Å². The van der Waals surface area contributed by atoms with E-state index < -0.39 is 0 Å². The van der Waals surface area contributed by atoms with Gasteiger partial charge in [-0.25, -0.2) is 5.06 Å². The molecule has 3 nitrogen and oxygen atoms in total. The number of unbranched alkanes of at least 4 members (excludes halogenated alkanes) is 1. The molecule has 0 fully saturated rings. The molecule has 1 atom stereocenters. The number of amides is 1. The summed E-state index contributed by atoms with van der Waals surface area (Å²) in [6.07, 6.45) is 5.67. The fourth-order valence-electron chi connectivity index (χ4n) is 1.24. The molecule has 0 aromatic rings. The molecule has 0 saturated carbocycles. The monoisotopic (exact) mass is 199 g/mol. The summed E-state index contributed by atoms with van der Waals surface area (Å²) in [6.45, 7) is 5.75. The zero-order valence-corrected chi connectivity index (χ0v) is 9.45. The third-order valence-corrected chi connectivity index (χ3v) is 2.25. The Morgan fingerprint density at radius 3 is 2.79 bits per heavy atom. The molecule has 0 bridgehead atoms. The van der Waals surface area contributed by atoms with Gasteiger partial charge in [-0.1, -0.05) is 13.0 Å². The van der Waals surface area contributed by atoms with Crippen LogP contribution in [0, 0.1) is 5.92 Å². The van der Waals surface area contributed by atoms with Crippen LogP contribution in [0.25, 0.3) is 0 Å². The summed E-state index contributed by atoms with van der Waals surface area (Å²) in [5.74, 6) is 0.457. The highest BCUT2D eigenvalue weighted by Gasteiger charge is 2.12. The summed E-state index contributed by atoms with van der Waals surface area (Å²) in [7, 11) is 3.14. The highest BCUT2D eigenvalue weighted by atomic mass is 16.7. The van der Waals surface area contributed by atoms with Crippen molar-refractivity contribution in [3.8, 4) is 0 Å². The smallest absolute Gasteiger partial charge is 0.246 e. The maximum atomic E-state index is 11.4. The molecule has 0 aromatic heterocycles. The summed E-state index contributed by atoms with van der Waals surface area (Å²) >= 11 is 0. The first-order valence-electron chi connectivity index (χ1n) is 5.03. The van der Waals surface area contributed by atoms with Crippen molar-refractivity contribution in [3.63, 3.8) is 0 Å². The highest BCUT2D eigenvalue weighted by Crippen LogP contribution is 2.13. The van der Waals surface area contributed by atoms with Gasteiger partial charge >= 0.3 is 0 Å². The number of nitrogens with zero attached hydrogens (tertiary/aromatic N) is 1. The molecule has 0 aliphatic carbocycles. The van der Waals surface area contributed by atoms with Gasteiger partial charge < -0.3 is 0 Å². The van der Waals surface area contributed by atoms with Crippen LogP contribution in [-0.4, -0.2) is 25.1 Å². The Morgan fingerprint density at radius 1 is 1.64 bits per heavy atom. The number of carbonyl (C=O) groups is 1. The lowest BCUT2D eigenvalue weighted by Gasteiger charge is -2.16. The van der Waals surface area contributed by atoms with Gasteiger partial charge in [-0.15, -0.1) is 6.58 Å². The van der Waals surface area contributed by atoms with Gasteiger partial charge in [-0.3, -0.25) is 9.63 Å². The molecule has 0 spiro atoms. The molecule has 0 aliphatic rings. The highest BCUT2D eigenvalue weighted by molar-refractivity contribution is 5.74. The van der Waals surface area contributed by atoms with Crippen molar-refractivity contribution in [1.29, 1.82) is 0 Å². The van der Waals surface area contributed by atoms with Crippen molar-refractivity contribution in [1.82, 2.24) is 5.06 Å². The minimum absolute atomic E-state index is 0.0404. The Balaban J connectivity index is 3.65. The fraction of sp³-hybridized carbons (Fsp3) is 0.727. The molecule has 0 unspecified atom stereocenters. The zero-order chi connectivity index (χ0) is 11.0. The normalized spacial score (nSPS) is 12.2. The van der Waals surface area contributed by atoms with Crippen LogP contribution in [0.1, 0.15) is 32.6 Å². The quantitative estimate of drug-likeness (QED) is 0.358. The largest absolute Gasteiger partial charge is 0.275 e. The van der Waals surface area contributed by atoms with Gasteiger partial charge in [0.1, 0.15) is 0 Å². The van der Waals surface area contributed by atoms with Gasteiger partial charge in [0.15, 0.2) is 0 Å². The Bertz CT molecular complexity index is 180. The van der Waals surface area contributed by atoms with E-state index in [2.05, 4.69) is 13.5 Å². The Hall–Kier alpha value is -0.830. The van der Waals surface area contributed by atoms with Gasteiger partial charge in [-0.05, 0) is 25.2 Å². The maximum absolute atomic E-state index is 11.4. The van der Waals surface area contributed by atoms with Gasteiger partial charge in [0, 0.05) is 13.5 Å². The van der Waals surface area contributed by atoms with E-state index >= 15 is 0 Å².